The SMILES string of the molecule is N[C@H]1CC[C@H](CNc2ccc(N3CCS(=O)(=O)CC3)cc2)CC1. The van der Waals surface area contributed by atoms with Crippen molar-refractivity contribution < 1.29 is 8.42 Å². The van der Waals surface area contributed by atoms with Crippen LogP contribution >= 0.6 is 0 Å². The lowest BCUT2D eigenvalue weighted by Gasteiger charge is -2.29. The lowest BCUT2D eigenvalue weighted by atomic mass is 9.86. The van der Waals surface area contributed by atoms with Crippen LogP contribution in [-0.4, -0.2) is 45.6 Å². The highest BCUT2D eigenvalue weighted by Crippen LogP contribution is 2.24. The van der Waals surface area contributed by atoms with Gasteiger partial charge in [0.25, 0.3) is 0 Å². The standard InChI is InChI=1S/C17H27N3O2S/c18-15-3-1-14(2-4-15)13-19-16-5-7-17(8-6-16)20-9-11-23(21,22)12-10-20/h5-8,14-15,19H,1-4,9-13,18H2/t14-,15-. The van der Waals surface area contributed by atoms with Crippen LogP contribution in [0.5, 0.6) is 0 Å². The normalized spacial score (nSPS) is 27.6. The summed E-state index contributed by atoms with van der Waals surface area (Å²) in [5.41, 5.74) is 8.18. The fourth-order valence-corrected chi connectivity index (χ4v) is 4.62. The molecule has 0 amide bonds. The first-order chi connectivity index (χ1) is 11.0. The molecule has 2 aliphatic rings. The Morgan fingerprint density at radius 2 is 1.65 bits per heavy atom. The summed E-state index contributed by atoms with van der Waals surface area (Å²) in [4.78, 5) is 2.15. The zero-order valence-corrected chi connectivity index (χ0v) is 14.4. The van der Waals surface area contributed by atoms with E-state index in [1.807, 2.05) is 0 Å². The minimum absolute atomic E-state index is 0.261. The second-order valence-electron chi connectivity index (χ2n) is 6.85. The number of nitrogens with two attached hydrogens (primary N) is 1. The minimum atomic E-state index is -2.82. The molecule has 128 valence electrons. The number of anilines is 2. The van der Waals surface area contributed by atoms with Gasteiger partial charge in [-0.3, -0.25) is 0 Å². The molecule has 3 N–H and O–H groups in total. The van der Waals surface area contributed by atoms with Gasteiger partial charge in [-0.15, -0.1) is 0 Å². The Kier molecular flexibility index (Phi) is 5.11. The summed E-state index contributed by atoms with van der Waals surface area (Å²) < 4.78 is 23.0. The molecule has 1 saturated heterocycles. The molecule has 0 unspecified atom stereocenters. The molecule has 1 aromatic carbocycles. The smallest absolute Gasteiger partial charge is 0.153 e. The van der Waals surface area contributed by atoms with Crippen molar-refractivity contribution in [1.29, 1.82) is 0 Å². The van der Waals surface area contributed by atoms with Gasteiger partial charge in [0.15, 0.2) is 9.84 Å². The van der Waals surface area contributed by atoms with Crippen molar-refractivity contribution in [3.8, 4) is 0 Å². The summed E-state index contributed by atoms with van der Waals surface area (Å²) in [6, 6.07) is 8.74. The number of sulfone groups is 1. The van der Waals surface area contributed by atoms with Crippen molar-refractivity contribution in [1.82, 2.24) is 0 Å². The number of nitrogens with zero attached hydrogens (tertiary/aromatic N) is 1. The van der Waals surface area contributed by atoms with Crippen LogP contribution in [0, 0.1) is 5.92 Å². The number of hydrogen-bond acceptors (Lipinski definition) is 5. The molecule has 6 heteroatoms. The average Bonchev–Trinajstić information content (AvgIpc) is 2.55. The lowest BCUT2D eigenvalue weighted by molar-refractivity contribution is 0.339. The van der Waals surface area contributed by atoms with E-state index < -0.39 is 9.84 Å². The van der Waals surface area contributed by atoms with E-state index in [1.54, 1.807) is 0 Å². The Morgan fingerprint density at radius 3 is 2.26 bits per heavy atom. The van der Waals surface area contributed by atoms with Crippen LogP contribution in [0.2, 0.25) is 0 Å². The van der Waals surface area contributed by atoms with Gasteiger partial charge in [0.2, 0.25) is 0 Å². The van der Waals surface area contributed by atoms with E-state index in [9.17, 15) is 8.42 Å². The summed E-state index contributed by atoms with van der Waals surface area (Å²) >= 11 is 0. The van der Waals surface area contributed by atoms with Crippen molar-refractivity contribution in [2.45, 2.75) is 31.7 Å². The van der Waals surface area contributed by atoms with Crippen LogP contribution < -0.4 is 16.0 Å². The second kappa shape index (κ2) is 7.09. The molecule has 5 nitrogen and oxygen atoms in total. The van der Waals surface area contributed by atoms with Crippen LogP contribution in [0.15, 0.2) is 24.3 Å². The first kappa shape index (κ1) is 16.6. The molecule has 1 aliphatic heterocycles. The van der Waals surface area contributed by atoms with Crippen molar-refractivity contribution >= 4 is 21.2 Å². The summed E-state index contributed by atoms with van der Waals surface area (Å²) in [5, 5.41) is 3.52. The summed E-state index contributed by atoms with van der Waals surface area (Å²) in [6.45, 7) is 2.20. The molecule has 0 aromatic heterocycles. The predicted octanol–water partition coefficient (Wildman–Crippen LogP) is 1.85. The van der Waals surface area contributed by atoms with Gasteiger partial charge in [-0.25, -0.2) is 8.42 Å². The van der Waals surface area contributed by atoms with Gasteiger partial charge in [0, 0.05) is 37.1 Å². The molecule has 1 aliphatic carbocycles. The fourth-order valence-electron chi connectivity index (χ4n) is 3.42. The molecule has 0 spiro atoms. The molecule has 1 saturated carbocycles. The molecule has 0 radical (unpaired) electrons. The third-order valence-electron chi connectivity index (χ3n) is 5.06. The Bertz CT molecular complexity index is 593. The maximum atomic E-state index is 11.5. The first-order valence-electron chi connectivity index (χ1n) is 8.57. The maximum Gasteiger partial charge on any atom is 0.153 e. The fraction of sp³-hybridized carbons (Fsp3) is 0.647. The summed E-state index contributed by atoms with van der Waals surface area (Å²) in [6.07, 6.45) is 4.72. The summed E-state index contributed by atoms with van der Waals surface area (Å²) in [5.74, 6) is 1.25. The Balaban J connectivity index is 1.49. The van der Waals surface area contributed by atoms with Crippen molar-refractivity contribution in [2.24, 2.45) is 11.7 Å². The van der Waals surface area contributed by atoms with Crippen molar-refractivity contribution in [3.63, 3.8) is 0 Å². The lowest BCUT2D eigenvalue weighted by Crippen LogP contribution is -2.40. The molecule has 2 fully saturated rings. The van der Waals surface area contributed by atoms with Crippen LogP contribution in [0.25, 0.3) is 0 Å². The highest BCUT2D eigenvalue weighted by molar-refractivity contribution is 7.91. The van der Waals surface area contributed by atoms with Crippen LogP contribution in [0.3, 0.4) is 0 Å². The number of rotatable bonds is 4. The third kappa shape index (κ3) is 4.61. The Hall–Kier alpha value is -1.27. The van der Waals surface area contributed by atoms with Crippen LogP contribution in [-0.2, 0) is 9.84 Å². The van der Waals surface area contributed by atoms with Gasteiger partial charge in [-0.05, 0) is 55.9 Å². The van der Waals surface area contributed by atoms with E-state index >= 15 is 0 Å². The quantitative estimate of drug-likeness (QED) is 0.877. The molecular formula is C17H27N3O2S. The van der Waals surface area contributed by atoms with Gasteiger partial charge in [0.05, 0.1) is 11.5 Å². The highest BCUT2D eigenvalue weighted by atomic mass is 32.2. The van der Waals surface area contributed by atoms with Gasteiger partial charge < -0.3 is 16.0 Å². The van der Waals surface area contributed by atoms with Gasteiger partial charge in [0.1, 0.15) is 0 Å². The van der Waals surface area contributed by atoms with E-state index in [1.165, 1.54) is 12.8 Å². The van der Waals surface area contributed by atoms with Gasteiger partial charge >= 0.3 is 0 Å². The first-order valence-corrected chi connectivity index (χ1v) is 10.4. The zero-order chi connectivity index (χ0) is 16.3. The van der Waals surface area contributed by atoms with E-state index in [0.717, 1.165) is 36.7 Å². The minimum Gasteiger partial charge on any atom is -0.385 e. The highest BCUT2D eigenvalue weighted by Gasteiger charge is 2.21. The molecule has 1 heterocycles. The van der Waals surface area contributed by atoms with Crippen LogP contribution in [0.4, 0.5) is 11.4 Å². The predicted molar refractivity (Wildman–Crippen MR) is 95.7 cm³/mol. The monoisotopic (exact) mass is 337 g/mol. The second-order valence-corrected chi connectivity index (χ2v) is 9.15. The van der Waals surface area contributed by atoms with E-state index in [2.05, 4.69) is 34.5 Å². The maximum absolute atomic E-state index is 11.5. The molecule has 23 heavy (non-hydrogen) atoms. The molecular weight excluding hydrogens is 310 g/mol. The van der Waals surface area contributed by atoms with E-state index in [0.29, 0.717) is 19.1 Å². The topological polar surface area (TPSA) is 75.4 Å². The Morgan fingerprint density at radius 1 is 1.04 bits per heavy atom. The number of hydrogen-bond donors (Lipinski definition) is 2. The average molecular weight is 337 g/mol. The van der Waals surface area contributed by atoms with Gasteiger partial charge in [-0.1, -0.05) is 0 Å². The van der Waals surface area contributed by atoms with E-state index in [-0.39, 0.29) is 11.5 Å². The largest absolute Gasteiger partial charge is 0.385 e. The van der Waals surface area contributed by atoms with Crippen molar-refractivity contribution in [2.75, 3.05) is 41.4 Å². The molecule has 0 atom stereocenters. The number of benzene rings is 1. The number of nitrogens with one attached hydrogen (secondary N) is 1. The molecule has 3 rings (SSSR count). The molecule has 0 bridgehead atoms. The van der Waals surface area contributed by atoms with E-state index in [4.69, 9.17) is 5.73 Å². The molecule has 1 aromatic rings. The van der Waals surface area contributed by atoms with Crippen LogP contribution in [0.1, 0.15) is 25.7 Å². The zero-order valence-electron chi connectivity index (χ0n) is 13.6. The van der Waals surface area contributed by atoms with Gasteiger partial charge in [-0.2, -0.15) is 0 Å². The summed E-state index contributed by atoms with van der Waals surface area (Å²) in [7, 11) is -2.82. The van der Waals surface area contributed by atoms with Crippen molar-refractivity contribution in [3.05, 3.63) is 24.3 Å². The third-order valence-corrected chi connectivity index (χ3v) is 6.67. The Labute approximate surface area is 139 Å².